The Morgan fingerprint density at radius 3 is 3.18 bits per heavy atom. The quantitative estimate of drug-likeness (QED) is 0.352. The van der Waals surface area contributed by atoms with Gasteiger partial charge in [-0.2, -0.15) is 0 Å². The molecule has 1 aromatic heterocycles. The van der Waals surface area contributed by atoms with Crippen molar-refractivity contribution < 1.29 is 23.8 Å². The molecule has 9 nitrogen and oxygen atoms in total. The molecular formula is C18H24N4O5S. The van der Waals surface area contributed by atoms with Crippen LogP contribution in [0.2, 0.25) is 0 Å². The van der Waals surface area contributed by atoms with Crippen molar-refractivity contribution in [1.29, 1.82) is 0 Å². The average Bonchev–Trinajstić information content (AvgIpc) is 3.23. The molecule has 0 spiro atoms. The molecule has 0 amide bonds. The fourth-order valence-corrected chi connectivity index (χ4v) is 3.61. The molecule has 2 aliphatic heterocycles. The number of amidine groups is 1. The molecule has 0 saturated carbocycles. The van der Waals surface area contributed by atoms with Gasteiger partial charge in [0.25, 0.3) is 0 Å². The molecule has 1 unspecified atom stereocenters. The van der Waals surface area contributed by atoms with Gasteiger partial charge in [0.2, 0.25) is 0 Å². The highest BCUT2D eigenvalue weighted by Crippen LogP contribution is 2.17. The first-order valence-corrected chi connectivity index (χ1v) is 10.0. The Kier molecular flexibility index (Phi) is 7.66. The molecule has 3 heterocycles. The second kappa shape index (κ2) is 10.4. The number of nitrogens with zero attached hydrogens (tertiary/aromatic N) is 3. The number of carbonyl (C=O) groups is 2. The summed E-state index contributed by atoms with van der Waals surface area (Å²) in [6.45, 7) is 5.24. The summed E-state index contributed by atoms with van der Waals surface area (Å²) in [7, 11) is 0. The van der Waals surface area contributed by atoms with Gasteiger partial charge in [-0.15, -0.1) is 11.3 Å². The molecule has 1 aromatic rings. The molecule has 2 aliphatic rings. The number of aldehydes is 1. The molecule has 3 rings (SSSR count). The second-order valence-electron chi connectivity index (χ2n) is 6.24. The van der Waals surface area contributed by atoms with Crippen LogP contribution < -0.4 is 5.32 Å². The number of aromatic nitrogens is 1. The Morgan fingerprint density at radius 1 is 1.54 bits per heavy atom. The molecule has 1 N–H and O–H groups in total. The zero-order chi connectivity index (χ0) is 19.8. The zero-order valence-corrected chi connectivity index (χ0v) is 16.6. The van der Waals surface area contributed by atoms with Crippen LogP contribution >= 0.6 is 11.3 Å². The molecule has 0 aliphatic carbocycles. The maximum Gasteiger partial charge on any atom is 0.337 e. The van der Waals surface area contributed by atoms with Crippen molar-refractivity contribution in [3.05, 3.63) is 27.9 Å². The first-order valence-electron chi connectivity index (χ1n) is 9.17. The predicted molar refractivity (Wildman–Crippen MR) is 103 cm³/mol. The third kappa shape index (κ3) is 5.44. The molecule has 10 heteroatoms. The van der Waals surface area contributed by atoms with E-state index in [1.54, 1.807) is 13.1 Å². The maximum atomic E-state index is 12.4. The van der Waals surface area contributed by atoms with Gasteiger partial charge in [0.05, 0.1) is 38.0 Å². The number of morpholine rings is 1. The minimum Gasteiger partial charge on any atom is -0.463 e. The van der Waals surface area contributed by atoms with Crippen LogP contribution in [0, 0.1) is 0 Å². The van der Waals surface area contributed by atoms with E-state index in [0.717, 1.165) is 23.5 Å². The number of hydrogen-bond donors (Lipinski definition) is 1. The van der Waals surface area contributed by atoms with Crippen LogP contribution in [0.15, 0.2) is 27.8 Å². The van der Waals surface area contributed by atoms with E-state index in [2.05, 4.69) is 20.2 Å². The Labute approximate surface area is 167 Å². The highest BCUT2D eigenvalue weighted by molar-refractivity contribution is 7.11. The lowest BCUT2D eigenvalue weighted by atomic mass is 10.1. The van der Waals surface area contributed by atoms with E-state index < -0.39 is 0 Å². The van der Waals surface area contributed by atoms with Crippen molar-refractivity contribution >= 4 is 29.4 Å². The van der Waals surface area contributed by atoms with Crippen LogP contribution in [0.25, 0.3) is 0 Å². The number of hydrogen-bond acceptors (Lipinski definition) is 10. The van der Waals surface area contributed by atoms with Gasteiger partial charge in [0.15, 0.2) is 10.8 Å². The summed E-state index contributed by atoms with van der Waals surface area (Å²) in [6, 6.07) is 0. The fourth-order valence-electron chi connectivity index (χ4n) is 3.01. The molecule has 0 radical (unpaired) electrons. The zero-order valence-electron chi connectivity index (χ0n) is 15.8. The first kappa shape index (κ1) is 20.6. The first-order chi connectivity index (χ1) is 13.7. The number of ether oxygens (including phenoxy) is 3. The van der Waals surface area contributed by atoms with Crippen LogP contribution in [0.3, 0.4) is 0 Å². The van der Waals surface area contributed by atoms with Crippen LogP contribution in [-0.2, 0) is 23.8 Å². The molecule has 1 atom stereocenters. The lowest BCUT2D eigenvalue weighted by molar-refractivity contribution is -0.138. The predicted octanol–water partition coefficient (Wildman–Crippen LogP) is 0.226. The summed E-state index contributed by atoms with van der Waals surface area (Å²) < 4.78 is 16.2. The van der Waals surface area contributed by atoms with Gasteiger partial charge in [-0.3, -0.25) is 9.89 Å². The van der Waals surface area contributed by atoms with Crippen molar-refractivity contribution in [2.45, 2.75) is 13.0 Å². The summed E-state index contributed by atoms with van der Waals surface area (Å²) in [4.78, 5) is 33.7. The largest absolute Gasteiger partial charge is 0.463 e. The van der Waals surface area contributed by atoms with Gasteiger partial charge in [-0.25, -0.2) is 9.78 Å². The number of carbonyl (C=O) groups excluding carboxylic acids is 2. The van der Waals surface area contributed by atoms with Crippen LogP contribution in [0.1, 0.15) is 11.9 Å². The third-order valence-electron chi connectivity index (χ3n) is 4.28. The van der Waals surface area contributed by atoms with Gasteiger partial charge in [0, 0.05) is 36.9 Å². The molecule has 152 valence electrons. The Bertz CT molecular complexity index is 734. The lowest BCUT2D eigenvalue weighted by Gasteiger charge is -2.34. The van der Waals surface area contributed by atoms with Gasteiger partial charge in [-0.05, 0) is 6.92 Å². The Hall–Kier alpha value is -2.14. The summed E-state index contributed by atoms with van der Waals surface area (Å²) in [5.74, 6) is 0.309. The molecule has 1 saturated heterocycles. The number of nitrogens with one attached hydrogen (secondary N) is 1. The van der Waals surface area contributed by atoms with Gasteiger partial charge < -0.3 is 24.3 Å². The number of rotatable bonds is 9. The standard InChI is InChI=1S/C18H24N4O5S/c1-2-26-18(24)14-9-20-16(17-19-3-8-28-17)21-15(14)11-22-4-6-27-13(10-22)12-25-7-5-23/h3,5,8,13H,2,4,6-7,9-12H2,1H3,(H,20,21). The SMILES string of the molecule is CCOC(=O)C1=C(CN2CCOC(COCC=O)C2)NC(c2nccs2)=NC1. The van der Waals surface area contributed by atoms with Crippen molar-refractivity contribution in [3.8, 4) is 0 Å². The van der Waals surface area contributed by atoms with Crippen molar-refractivity contribution in [3.63, 3.8) is 0 Å². The minimum absolute atomic E-state index is 0.0627. The van der Waals surface area contributed by atoms with Gasteiger partial charge in [-0.1, -0.05) is 0 Å². The van der Waals surface area contributed by atoms with Crippen molar-refractivity contribution in [2.24, 2.45) is 4.99 Å². The van der Waals surface area contributed by atoms with E-state index in [0.29, 0.717) is 44.3 Å². The van der Waals surface area contributed by atoms with E-state index in [-0.39, 0.29) is 25.2 Å². The van der Waals surface area contributed by atoms with E-state index in [9.17, 15) is 9.59 Å². The van der Waals surface area contributed by atoms with E-state index in [4.69, 9.17) is 14.2 Å². The fraction of sp³-hybridized carbons (Fsp3) is 0.556. The highest BCUT2D eigenvalue weighted by atomic mass is 32.1. The van der Waals surface area contributed by atoms with E-state index >= 15 is 0 Å². The van der Waals surface area contributed by atoms with Crippen molar-refractivity contribution in [1.82, 2.24) is 15.2 Å². The van der Waals surface area contributed by atoms with Gasteiger partial charge in [0.1, 0.15) is 12.9 Å². The highest BCUT2D eigenvalue weighted by Gasteiger charge is 2.27. The topological polar surface area (TPSA) is 102 Å². The molecule has 28 heavy (non-hydrogen) atoms. The third-order valence-corrected chi connectivity index (χ3v) is 5.06. The number of aliphatic imine (C=N–C) groups is 1. The minimum atomic E-state index is -0.355. The normalized spacial score (nSPS) is 20.5. The summed E-state index contributed by atoms with van der Waals surface area (Å²) in [5.41, 5.74) is 1.30. The maximum absolute atomic E-state index is 12.4. The van der Waals surface area contributed by atoms with Gasteiger partial charge >= 0.3 is 5.97 Å². The molecular weight excluding hydrogens is 384 g/mol. The number of esters is 1. The van der Waals surface area contributed by atoms with E-state index in [1.165, 1.54) is 11.3 Å². The monoisotopic (exact) mass is 408 g/mol. The Balaban J connectivity index is 1.69. The van der Waals surface area contributed by atoms with Crippen LogP contribution in [0.5, 0.6) is 0 Å². The average molecular weight is 408 g/mol. The smallest absolute Gasteiger partial charge is 0.337 e. The van der Waals surface area contributed by atoms with Crippen molar-refractivity contribution in [2.75, 3.05) is 52.6 Å². The Morgan fingerprint density at radius 2 is 2.43 bits per heavy atom. The summed E-state index contributed by atoms with van der Waals surface area (Å²) in [6.07, 6.45) is 2.33. The summed E-state index contributed by atoms with van der Waals surface area (Å²) in [5, 5.41) is 5.94. The number of thiazole rings is 1. The molecule has 0 bridgehead atoms. The summed E-state index contributed by atoms with van der Waals surface area (Å²) >= 11 is 1.49. The van der Waals surface area contributed by atoms with Crippen LogP contribution in [0.4, 0.5) is 0 Å². The molecule has 1 fully saturated rings. The lowest BCUT2D eigenvalue weighted by Crippen LogP contribution is -2.47. The second-order valence-corrected chi connectivity index (χ2v) is 7.13. The van der Waals surface area contributed by atoms with E-state index in [1.807, 2.05) is 5.38 Å². The molecule has 0 aromatic carbocycles. The van der Waals surface area contributed by atoms with Crippen LogP contribution in [-0.4, -0.2) is 86.7 Å².